The van der Waals surface area contributed by atoms with Crippen molar-refractivity contribution < 1.29 is 15.0 Å². The van der Waals surface area contributed by atoms with Gasteiger partial charge in [-0.25, -0.2) is 4.79 Å². The summed E-state index contributed by atoms with van der Waals surface area (Å²) in [6, 6.07) is 0. The van der Waals surface area contributed by atoms with Crippen LogP contribution in [0.1, 0.15) is 13.8 Å². The number of carbonyl (C=O) groups is 1. The summed E-state index contributed by atoms with van der Waals surface area (Å²) in [6.07, 6.45) is -1.25. The third kappa shape index (κ3) is 3.95. The van der Waals surface area contributed by atoms with E-state index in [-0.39, 0.29) is 6.54 Å². The molecule has 1 unspecified atom stereocenters. The number of carboxylic acid groups (broad SMARTS) is 1. The number of nitrogens with zero attached hydrogens (tertiary/aromatic N) is 1. The third-order valence-electron chi connectivity index (χ3n) is 1.61. The lowest BCUT2D eigenvalue weighted by Gasteiger charge is -2.19. The molecule has 0 aliphatic carbocycles. The second-order valence-electron chi connectivity index (χ2n) is 2.34. The standard InChI is InChI=1S/C7H15NO3/c1-3-8(4-2)5-6(9)7(10)11/h6,9H,3-5H2,1-2H3,(H,10,11). The minimum absolute atomic E-state index is 0.211. The molecule has 0 radical (unpaired) electrons. The molecule has 66 valence electrons. The zero-order chi connectivity index (χ0) is 8.85. The number of likely N-dealkylation sites (N-methyl/N-ethyl adjacent to an activating group) is 1. The van der Waals surface area contributed by atoms with Gasteiger partial charge in [-0.3, -0.25) is 0 Å². The normalized spacial score (nSPS) is 13.5. The van der Waals surface area contributed by atoms with Crippen LogP contribution >= 0.6 is 0 Å². The summed E-state index contributed by atoms with van der Waals surface area (Å²) in [4.78, 5) is 12.0. The van der Waals surface area contributed by atoms with E-state index in [0.717, 1.165) is 13.1 Å². The van der Waals surface area contributed by atoms with Crippen LogP contribution in [-0.4, -0.2) is 46.8 Å². The minimum atomic E-state index is -1.25. The summed E-state index contributed by atoms with van der Waals surface area (Å²) in [5, 5.41) is 17.3. The molecule has 0 aliphatic heterocycles. The fraction of sp³-hybridized carbons (Fsp3) is 0.857. The van der Waals surface area contributed by atoms with E-state index < -0.39 is 12.1 Å². The van der Waals surface area contributed by atoms with Crippen molar-refractivity contribution in [3.05, 3.63) is 0 Å². The van der Waals surface area contributed by atoms with E-state index in [1.807, 2.05) is 18.7 Å². The molecule has 4 nitrogen and oxygen atoms in total. The van der Waals surface area contributed by atoms with E-state index in [0.29, 0.717) is 0 Å². The first-order valence-electron chi connectivity index (χ1n) is 3.75. The van der Waals surface area contributed by atoms with Crippen LogP contribution in [0.25, 0.3) is 0 Å². The van der Waals surface area contributed by atoms with Crippen LogP contribution in [-0.2, 0) is 4.79 Å². The number of rotatable bonds is 5. The number of carboxylic acids is 1. The summed E-state index contributed by atoms with van der Waals surface area (Å²) in [5.41, 5.74) is 0. The lowest BCUT2D eigenvalue weighted by Crippen LogP contribution is -2.36. The first-order chi connectivity index (χ1) is 5.11. The summed E-state index contributed by atoms with van der Waals surface area (Å²) < 4.78 is 0. The summed E-state index contributed by atoms with van der Waals surface area (Å²) in [7, 11) is 0. The molecule has 0 bridgehead atoms. The highest BCUT2D eigenvalue weighted by atomic mass is 16.4. The van der Waals surface area contributed by atoms with Crippen LogP contribution in [0.5, 0.6) is 0 Å². The second-order valence-corrected chi connectivity index (χ2v) is 2.34. The van der Waals surface area contributed by atoms with Crippen LogP contribution < -0.4 is 0 Å². The van der Waals surface area contributed by atoms with Crippen molar-refractivity contribution >= 4 is 5.97 Å². The van der Waals surface area contributed by atoms with Gasteiger partial charge in [0.05, 0.1) is 0 Å². The van der Waals surface area contributed by atoms with Crippen molar-refractivity contribution in [2.75, 3.05) is 19.6 Å². The van der Waals surface area contributed by atoms with Gasteiger partial charge in [0.1, 0.15) is 0 Å². The Kier molecular flexibility index (Phi) is 4.81. The van der Waals surface area contributed by atoms with Crippen LogP contribution in [0.2, 0.25) is 0 Å². The molecular formula is C7H15NO3. The van der Waals surface area contributed by atoms with Gasteiger partial charge in [0.2, 0.25) is 0 Å². The molecule has 4 heteroatoms. The Morgan fingerprint density at radius 3 is 2.18 bits per heavy atom. The maximum absolute atomic E-state index is 10.2. The van der Waals surface area contributed by atoms with Crippen molar-refractivity contribution in [3.8, 4) is 0 Å². The van der Waals surface area contributed by atoms with Gasteiger partial charge in [0.25, 0.3) is 0 Å². The van der Waals surface area contributed by atoms with Crippen molar-refractivity contribution in [2.45, 2.75) is 20.0 Å². The maximum Gasteiger partial charge on any atom is 0.333 e. The summed E-state index contributed by atoms with van der Waals surface area (Å²) in [5.74, 6) is -1.16. The van der Waals surface area contributed by atoms with Crippen LogP contribution in [0, 0.1) is 0 Å². The number of hydrogen-bond donors (Lipinski definition) is 2. The summed E-state index contributed by atoms with van der Waals surface area (Å²) >= 11 is 0. The second kappa shape index (κ2) is 5.09. The van der Waals surface area contributed by atoms with E-state index in [4.69, 9.17) is 10.2 Å². The van der Waals surface area contributed by atoms with Crippen molar-refractivity contribution in [3.63, 3.8) is 0 Å². The van der Waals surface area contributed by atoms with Gasteiger partial charge in [-0.15, -0.1) is 0 Å². The number of hydrogen-bond acceptors (Lipinski definition) is 3. The fourth-order valence-electron chi connectivity index (χ4n) is 0.804. The molecule has 0 aromatic heterocycles. The molecule has 0 saturated carbocycles. The molecule has 0 aromatic rings. The largest absolute Gasteiger partial charge is 0.479 e. The Morgan fingerprint density at radius 2 is 1.91 bits per heavy atom. The summed E-state index contributed by atoms with van der Waals surface area (Å²) in [6.45, 7) is 5.60. The molecule has 11 heavy (non-hydrogen) atoms. The first kappa shape index (κ1) is 10.4. The van der Waals surface area contributed by atoms with Crippen LogP contribution in [0.4, 0.5) is 0 Å². The number of aliphatic carboxylic acids is 1. The van der Waals surface area contributed by atoms with Gasteiger partial charge in [-0.05, 0) is 13.1 Å². The SMILES string of the molecule is CCN(CC)CC(O)C(=O)O. The quantitative estimate of drug-likeness (QED) is 0.585. The minimum Gasteiger partial charge on any atom is -0.479 e. The maximum atomic E-state index is 10.2. The van der Waals surface area contributed by atoms with Crippen LogP contribution in [0.3, 0.4) is 0 Å². The van der Waals surface area contributed by atoms with Gasteiger partial charge < -0.3 is 15.1 Å². The predicted molar refractivity (Wildman–Crippen MR) is 41.4 cm³/mol. The van der Waals surface area contributed by atoms with E-state index in [9.17, 15) is 4.79 Å². The van der Waals surface area contributed by atoms with Crippen LogP contribution in [0.15, 0.2) is 0 Å². The first-order valence-corrected chi connectivity index (χ1v) is 3.75. The predicted octanol–water partition coefficient (Wildman–Crippen LogP) is -0.226. The monoisotopic (exact) mass is 161 g/mol. The molecule has 1 atom stereocenters. The molecular weight excluding hydrogens is 146 g/mol. The topological polar surface area (TPSA) is 60.8 Å². The average molecular weight is 161 g/mol. The van der Waals surface area contributed by atoms with Crippen molar-refractivity contribution in [1.82, 2.24) is 4.90 Å². The van der Waals surface area contributed by atoms with Crippen molar-refractivity contribution in [2.24, 2.45) is 0 Å². The van der Waals surface area contributed by atoms with Gasteiger partial charge in [0, 0.05) is 6.54 Å². The molecule has 0 heterocycles. The Bertz CT molecular complexity index is 123. The van der Waals surface area contributed by atoms with Crippen molar-refractivity contribution in [1.29, 1.82) is 0 Å². The van der Waals surface area contributed by atoms with E-state index in [2.05, 4.69) is 0 Å². The molecule has 0 aliphatic rings. The fourth-order valence-corrected chi connectivity index (χ4v) is 0.804. The lowest BCUT2D eigenvalue weighted by atomic mass is 10.3. The lowest BCUT2D eigenvalue weighted by molar-refractivity contribution is -0.147. The molecule has 0 fully saturated rings. The molecule has 0 rings (SSSR count). The van der Waals surface area contributed by atoms with E-state index >= 15 is 0 Å². The molecule has 2 N–H and O–H groups in total. The Hall–Kier alpha value is -0.610. The zero-order valence-electron chi connectivity index (χ0n) is 6.95. The van der Waals surface area contributed by atoms with Gasteiger partial charge in [0.15, 0.2) is 6.10 Å². The van der Waals surface area contributed by atoms with E-state index in [1.54, 1.807) is 0 Å². The molecule has 0 spiro atoms. The van der Waals surface area contributed by atoms with Gasteiger partial charge >= 0.3 is 5.97 Å². The highest BCUT2D eigenvalue weighted by molar-refractivity contribution is 5.72. The van der Waals surface area contributed by atoms with Gasteiger partial charge in [-0.2, -0.15) is 0 Å². The Labute approximate surface area is 66.4 Å². The third-order valence-corrected chi connectivity index (χ3v) is 1.61. The van der Waals surface area contributed by atoms with E-state index in [1.165, 1.54) is 0 Å². The number of aliphatic hydroxyl groups is 1. The van der Waals surface area contributed by atoms with Gasteiger partial charge in [-0.1, -0.05) is 13.8 Å². The smallest absolute Gasteiger partial charge is 0.333 e. The number of aliphatic hydroxyl groups excluding tert-OH is 1. The average Bonchev–Trinajstić information content (AvgIpc) is 1.99. The highest BCUT2D eigenvalue weighted by Gasteiger charge is 2.15. The molecule has 0 aromatic carbocycles. The Balaban J connectivity index is 3.71. The highest BCUT2D eigenvalue weighted by Crippen LogP contribution is 1.91. The zero-order valence-corrected chi connectivity index (χ0v) is 6.95. The Morgan fingerprint density at radius 1 is 1.45 bits per heavy atom. The molecule has 0 saturated heterocycles. The molecule has 0 amide bonds.